The molecule has 1 rings (SSSR count). The third kappa shape index (κ3) is 2.02. The summed E-state index contributed by atoms with van der Waals surface area (Å²) in [4.78, 5) is 11.2. The highest BCUT2D eigenvalue weighted by atomic mass is 35.5. The Bertz CT molecular complexity index is 274. The third-order valence-electron chi connectivity index (χ3n) is 1.35. The first-order valence-electron chi connectivity index (χ1n) is 3.46. The first-order chi connectivity index (χ1) is 5.75. The summed E-state index contributed by atoms with van der Waals surface area (Å²) < 4.78 is 0. The molecule has 0 aliphatic rings. The van der Waals surface area contributed by atoms with E-state index >= 15 is 0 Å². The second-order valence-electron chi connectivity index (χ2n) is 2.23. The summed E-state index contributed by atoms with van der Waals surface area (Å²) in [5.74, 6) is -0.181. The van der Waals surface area contributed by atoms with Gasteiger partial charge in [-0.15, -0.1) is 5.10 Å². The molecule has 0 aromatic carbocycles. The van der Waals surface area contributed by atoms with Crippen molar-refractivity contribution < 1.29 is 9.90 Å². The zero-order valence-electron chi connectivity index (χ0n) is 6.25. The minimum atomic E-state index is -0.181. The molecule has 12 heavy (non-hydrogen) atoms. The van der Waals surface area contributed by atoms with Crippen LogP contribution in [0.3, 0.4) is 0 Å². The van der Waals surface area contributed by atoms with Crippen LogP contribution >= 0.6 is 11.6 Å². The molecule has 0 spiro atoms. The molecule has 1 heterocycles. The average molecular weight is 190 g/mol. The van der Waals surface area contributed by atoms with Gasteiger partial charge in [0.25, 0.3) is 0 Å². The molecule has 66 valence electrons. The molecular weight excluding hydrogens is 182 g/mol. The fourth-order valence-electron chi connectivity index (χ4n) is 0.757. The monoisotopic (exact) mass is 189 g/mol. The van der Waals surface area contributed by atoms with Gasteiger partial charge in [-0.25, -0.2) is 0 Å². The standard InChI is InChI=1S/C6H8ClN3O2/c7-6-5(8-10-9-6)4(12)2-1-3-11/h11H,1-3H2,(H,8,9,10). The van der Waals surface area contributed by atoms with Crippen molar-refractivity contribution in [3.8, 4) is 0 Å². The van der Waals surface area contributed by atoms with Crippen LogP contribution in [0.25, 0.3) is 0 Å². The highest BCUT2D eigenvalue weighted by molar-refractivity contribution is 6.32. The van der Waals surface area contributed by atoms with Gasteiger partial charge in [0.1, 0.15) is 5.69 Å². The average Bonchev–Trinajstić information content (AvgIpc) is 2.47. The number of hydrogen-bond donors (Lipinski definition) is 2. The number of aromatic amines is 1. The predicted molar refractivity (Wildman–Crippen MR) is 42.0 cm³/mol. The van der Waals surface area contributed by atoms with E-state index in [-0.39, 0.29) is 29.7 Å². The third-order valence-corrected chi connectivity index (χ3v) is 1.61. The van der Waals surface area contributed by atoms with Crippen molar-refractivity contribution in [3.05, 3.63) is 10.8 Å². The number of ketones is 1. The van der Waals surface area contributed by atoms with Gasteiger partial charge in [0, 0.05) is 13.0 Å². The summed E-state index contributed by atoms with van der Waals surface area (Å²) in [5.41, 5.74) is 0.213. The van der Waals surface area contributed by atoms with Crippen LogP contribution in [0.1, 0.15) is 23.3 Å². The van der Waals surface area contributed by atoms with E-state index in [9.17, 15) is 4.79 Å². The molecular formula is C6H8ClN3O2. The lowest BCUT2D eigenvalue weighted by atomic mass is 10.2. The molecule has 1 aromatic heterocycles. The molecule has 0 saturated heterocycles. The number of aliphatic hydroxyl groups is 1. The topological polar surface area (TPSA) is 78.9 Å². The molecule has 0 atom stereocenters. The first kappa shape index (κ1) is 9.15. The predicted octanol–water partition coefficient (Wildman–Crippen LogP) is 0.413. The van der Waals surface area contributed by atoms with Crippen LogP contribution in [0.15, 0.2) is 0 Å². The van der Waals surface area contributed by atoms with Crippen LogP contribution in [0, 0.1) is 0 Å². The minimum absolute atomic E-state index is 0.00900. The van der Waals surface area contributed by atoms with Crippen LogP contribution in [0.5, 0.6) is 0 Å². The molecule has 0 bridgehead atoms. The SMILES string of the molecule is O=C(CCCO)c1[nH]nnc1Cl. The number of hydrogen-bond acceptors (Lipinski definition) is 4. The van der Waals surface area contributed by atoms with E-state index in [2.05, 4.69) is 15.4 Å². The lowest BCUT2D eigenvalue weighted by molar-refractivity contribution is 0.0966. The summed E-state index contributed by atoms with van der Waals surface area (Å²) in [6, 6.07) is 0. The molecule has 0 aliphatic heterocycles. The van der Waals surface area contributed by atoms with Crippen molar-refractivity contribution in [2.45, 2.75) is 12.8 Å². The lowest BCUT2D eigenvalue weighted by Crippen LogP contribution is -2.01. The van der Waals surface area contributed by atoms with Crippen LogP contribution in [-0.4, -0.2) is 32.9 Å². The van der Waals surface area contributed by atoms with Crippen LogP contribution < -0.4 is 0 Å². The quantitative estimate of drug-likeness (QED) is 0.673. The van der Waals surface area contributed by atoms with E-state index < -0.39 is 0 Å². The van der Waals surface area contributed by atoms with Gasteiger partial charge in [0.2, 0.25) is 0 Å². The molecule has 1 aromatic rings. The van der Waals surface area contributed by atoms with Gasteiger partial charge in [-0.05, 0) is 6.42 Å². The second-order valence-corrected chi connectivity index (χ2v) is 2.59. The van der Waals surface area contributed by atoms with E-state index in [4.69, 9.17) is 16.7 Å². The second kappa shape index (κ2) is 4.18. The highest BCUT2D eigenvalue weighted by Gasteiger charge is 2.12. The van der Waals surface area contributed by atoms with Gasteiger partial charge in [0.05, 0.1) is 0 Å². The van der Waals surface area contributed by atoms with E-state index in [0.717, 1.165) is 0 Å². The lowest BCUT2D eigenvalue weighted by Gasteiger charge is -1.94. The molecule has 5 nitrogen and oxygen atoms in total. The highest BCUT2D eigenvalue weighted by Crippen LogP contribution is 2.10. The number of H-pyrrole nitrogens is 1. The summed E-state index contributed by atoms with van der Waals surface area (Å²) in [7, 11) is 0. The Morgan fingerprint density at radius 1 is 1.67 bits per heavy atom. The molecule has 6 heteroatoms. The smallest absolute Gasteiger partial charge is 0.183 e. The number of aromatic nitrogens is 3. The zero-order valence-corrected chi connectivity index (χ0v) is 7.01. The molecule has 0 unspecified atom stereocenters. The van der Waals surface area contributed by atoms with Crippen LogP contribution in [0.4, 0.5) is 0 Å². The number of carbonyl (C=O) groups is 1. The van der Waals surface area contributed by atoms with E-state index in [1.807, 2.05) is 0 Å². The maximum atomic E-state index is 11.2. The number of carbonyl (C=O) groups excluding carboxylic acids is 1. The molecule has 2 N–H and O–H groups in total. The Hall–Kier alpha value is -0.940. The Kier molecular flexibility index (Phi) is 3.19. The van der Waals surface area contributed by atoms with Crippen molar-refractivity contribution in [1.29, 1.82) is 0 Å². The minimum Gasteiger partial charge on any atom is -0.396 e. The number of nitrogens with one attached hydrogen (secondary N) is 1. The first-order valence-corrected chi connectivity index (χ1v) is 3.84. The summed E-state index contributed by atoms with van der Waals surface area (Å²) in [6.07, 6.45) is 0.675. The number of halogens is 1. The number of aliphatic hydroxyl groups excluding tert-OH is 1. The summed E-state index contributed by atoms with van der Waals surface area (Å²) in [5, 5.41) is 17.7. The van der Waals surface area contributed by atoms with Gasteiger partial charge in [-0.2, -0.15) is 0 Å². The van der Waals surface area contributed by atoms with Gasteiger partial charge >= 0.3 is 0 Å². The maximum Gasteiger partial charge on any atom is 0.183 e. The van der Waals surface area contributed by atoms with Crippen molar-refractivity contribution >= 4 is 17.4 Å². The molecule has 0 aliphatic carbocycles. The van der Waals surface area contributed by atoms with Crippen molar-refractivity contribution in [2.75, 3.05) is 6.61 Å². The fourth-order valence-corrected chi connectivity index (χ4v) is 0.942. The van der Waals surface area contributed by atoms with Crippen LogP contribution in [0.2, 0.25) is 5.15 Å². The van der Waals surface area contributed by atoms with Crippen molar-refractivity contribution in [3.63, 3.8) is 0 Å². The van der Waals surface area contributed by atoms with Crippen molar-refractivity contribution in [1.82, 2.24) is 15.4 Å². The Morgan fingerprint density at radius 3 is 2.92 bits per heavy atom. The van der Waals surface area contributed by atoms with Gasteiger partial charge in [0.15, 0.2) is 10.9 Å². The van der Waals surface area contributed by atoms with Gasteiger partial charge < -0.3 is 5.11 Å². The van der Waals surface area contributed by atoms with Crippen LogP contribution in [-0.2, 0) is 0 Å². The molecule has 0 fully saturated rings. The normalized spacial score (nSPS) is 10.2. The molecule has 0 amide bonds. The number of rotatable bonds is 4. The van der Waals surface area contributed by atoms with E-state index in [0.29, 0.717) is 6.42 Å². The fraction of sp³-hybridized carbons (Fsp3) is 0.500. The maximum absolute atomic E-state index is 11.2. The molecule has 0 radical (unpaired) electrons. The van der Waals surface area contributed by atoms with Gasteiger partial charge in [-0.1, -0.05) is 16.8 Å². The number of Topliss-reactive ketones (excluding diaryl/α,β-unsaturated/α-hetero) is 1. The summed E-state index contributed by atoms with van der Waals surface area (Å²) in [6.45, 7) is -0.00900. The van der Waals surface area contributed by atoms with Gasteiger partial charge in [-0.3, -0.25) is 9.89 Å². The van der Waals surface area contributed by atoms with E-state index in [1.165, 1.54) is 0 Å². The van der Waals surface area contributed by atoms with E-state index in [1.54, 1.807) is 0 Å². The molecule has 0 saturated carbocycles. The number of nitrogens with zero attached hydrogens (tertiary/aromatic N) is 2. The Morgan fingerprint density at radius 2 is 2.42 bits per heavy atom. The summed E-state index contributed by atoms with van der Waals surface area (Å²) >= 11 is 5.53. The Labute approximate surface area is 73.7 Å². The zero-order chi connectivity index (χ0) is 8.97. The largest absolute Gasteiger partial charge is 0.396 e. The van der Waals surface area contributed by atoms with Crippen molar-refractivity contribution in [2.24, 2.45) is 0 Å². The Balaban J connectivity index is 2.59.